The topological polar surface area (TPSA) is 47.0 Å². The first-order valence-corrected chi connectivity index (χ1v) is 7.28. The predicted octanol–water partition coefficient (Wildman–Crippen LogP) is 3.04. The minimum absolute atomic E-state index is 0.569. The van der Waals surface area contributed by atoms with Crippen LogP contribution in [0.4, 0.5) is 0 Å². The Labute approximate surface area is 117 Å². The van der Waals surface area contributed by atoms with Crippen LogP contribution in [0.25, 0.3) is 0 Å². The maximum Gasteiger partial charge on any atom is 0.233 e. The van der Waals surface area contributed by atoms with Crippen molar-refractivity contribution in [2.75, 3.05) is 13.2 Å². The lowest BCUT2D eigenvalue weighted by molar-refractivity contribution is 0.240. The molecular formula is C15H27N3O. The Balaban J connectivity index is 2.30. The quantitative estimate of drug-likeness (QED) is 0.745. The third-order valence-electron chi connectivity index (χ3n) is 2.85. The highest BCUT2D eigenvalue weighted by molar-refractivity contribution is 5.11. The van der Waals surface area contributed by atoms with E-state index in [-0.39, 0.29) is 0 Å². The van der Waals surface area contributed by atoms with Gasteiger partial charge in [-0.25, -0.2) is 0 Å². The standard InChI is InChI=1S/C15H27N3O/c1-5-6-13(4)11-19-15-8-7-14(17-18-15)10-16-9-12(2)3/h7-8,12-13,16H,5-6,9-11H2,1-4H3. The molecule has 108 valence electrons. The van der Waals surface area contributed by atoms with E-state index in [9.17, 15) is 0 Å². The highest BCUT2D eigenvalue weighted by atomic mass is 16.5. The second kappa shape index (κ2) is 8.86. The summed E-state index contributed by atoms with van der Waals surface area (Å²) in [7, 11) is 0. The molecule has 0 amide bonds. The second-order valence-electron chi connectivity index (χ2n) is 5.59. The summed E-state index contributed by atoms with van der Waals surface area (Å²) in [5.41, 5.74) is 0.953. The number of ether oxygens (including phenoxy) is 1. The van der Waals surface area contributed by atoms with Gasteiger partial charge in [-0.15, -0.1) is 5.10 Å². The third-order valence-corrected chi connectivity index (χ3v) is 2.85. The molecule has 1 aromatic rings. The predicted molar refractivity (Wildman–Crippen MR) is 78.1 cm³/mol. The first-order valence-electron chi connectivity index (χ1n) is 7.28. The molecule has 0 fully saturated rings. The molecule has 1 N–H and O–H groups in total. The SMILES string of the molecule is CCCC(C)COc1ccc(CNCC(C)C)nn1. The van der Waals surface area contributed by atoms with E-state index in [0.29, 0.717) is 24.3 Å². The summed E-state index contributed by atoms with van der Waals surface area (Å²) in [6.07, 6.45) is 2.38. The van der Waals surface area contributed by atoms with E-state index in [1.807, 2.05) is 12.1 Å². The number of hydrogen-bond donors (Lipinski definition) is 1. The van der Waals surface area contributed by atoms with Crippen LogP contribution in [0.3, 0.4) is 0 Å². The first kappa shape index (κ1) is 15.9. The summed E-state index contributed by atoms with van der Waals surface area (Å²) < 4.78 is 5.62. The number of nitrogens with zero attached hydrogens (tertiary/aromatic N) is 2. The van der Waals surface area contributed by atoms with Crippen LogP contribution in [-0.4, -0.2) is 23.3 Å². The molecule has 0 aliphatic rings. The summed E-state index contributed by atoms with van der Waals surface area (Å²) in [5, 5.41) is 11.6. The molecule has 19 heavy (non-hydrogen) atoms. The zero-order valence-electron chi connectivity index (χ0n) is 12.6. The average molecular weight is 265 g/mol. The largest absolute Gasteiger partial charge is 0.476 e. The summed E-state index contributed by atoms with van der Waals surface area (Å²) in [4.78, 5) is 0. The normalized spacial score (nSPS) is 12.7. The molecule has 0 aliphatic heterocycles. The smallest absolute Gasteiger partial charge is 0.233 e. The Kier molecular flexibility index (Phi) is 7.41. The van der Waals surface area contributed by atoms with E-state index in [0.717, 1.165) is 18.8 Å². The summed E-state index contributed by atoms with van der Waals surface area (Å²) >= 11 is 0. The lowest BCUT2D eigenvalue weighted by Gasteiger charge is -2.11. The summed E-state index contributed by atoms with van der Waals surface area (Å²) in [6.45, 7) is 11.2. The van der Waals surface area contributed by atoms with E-state index in [4.69, 9.17) is 4.74 Å². The average Bonchev–Trinajstić information content (AvgIpc) is 2.38. The van der Waals surface area contributed by atoms with Crippen molar-refractivity contribution >= 4 is 0 Å². The van der Waals surface area contributed by atoms with Gasteiger partial charge in [0.15, 0.2) is 0 Å². The molecule has 4 heteroatoms. The number of nitrogens with one attached hydrogen (secondary N) is 1. The van der Waals surface area contributed by atoms with Crippen molar-refractivity contribution in [2.45, 2.75) is 47.1 Å². The molecule has 1 rings (SSSR count). The zero-order chi connectivity index (χ0) is 14.1. The minimum Gasteiger partial charge on any atom is -0.476 e. The van der Waals surface area contributed by atoms with E-state index >= 15 is 0 Å². The van der Waals surface area contributed by atoms with Crippen LogP contribution in [0.2, 0.25) is 0 Å². The van der Waals surface area contributed by atoms with Gasteiger partial charge in [-0.3, -0.25) is 0 Å². The van der Waals surface area contributed by atoms with Gasteiger partial charge in [0.25, 0.3) is 0 Å². The van der Waals surface area contributed by atoms with Gasteiger partial charge in [-0.2, -0.15) is 5.10 Å². The molecule has 0 radical (unpaired) electrons. The van der Waals surface area contributed by atoms with Crippen LogP contribution in [0.5, 0.6) is 5.88 Å². The fourth-order valence-corrected chi connectivity index (χ4v) is 1.81. The van der Waals surface area contributed by atoms with Crippen molar-refractivity contribution in [3.05, 3.63) is 17.8 Å². The Bertz CT molecular complexity index is 338. The van der Waals surface area contributed by atoms with Crippen molar-refractivity contribution in [2.24, 2.45) is 11.8 Å². The van der Waals surface area contributed by atoms with Crippen LogP contribution < -0.4 is 10.1 Å². The van der Waals surface area contributed by atoms with Crippen molar-refractivity contribution in [1.82, 2.24) is 15.5 Å². The van der Waals surface area contributed by atoms with Crippen LogP contribution in [0, 0.1) is 11.8 Å². The van der Waals surface area contributed by atoms with Crippen molar-refractivity contribution in [3.8, 4) is 5.88 Å². The third kappa shape index (κ3) is 7.11. The molecule has 1 heterocycles. The molecule has 0 aliphatic carbocycles. The van der Waals surface area contributed by atoms with Crippen molar-refractivity contribution < 1.29 is 4.74 Å². The lowest BCUT2D eigenvalue weighted by Crippen LogP contribution is -2.19. The Morgan fingerprint density at radius 2 is 2.00 bits per heavy atom. The summed E-state index contributed by atoms with van der Waals surface area (Å²) in [5.74, 6) is 1.84. The first-order chi connectivity index (χ1) is 9.11. The minimum atomic E-state index is 0.569. The van der Waals surface area contributed by atoms with Gasteiger partial charge in [0.05, 0.1) is 12.3 Å². The monoisotopic (exact) mass is 265 g/mol. The summed E-state index contributed by atoms with van der Waals surface area (Å²) in [6, 6.07) is 3.87. The zero-order valence-corrected chi connectivity index (χ0v) is 12.6. The fraction of sp³-hybridized carbons (Fsp3) is 0.733. The molecule has 0 bridgehead atoms. The maximum atomic E-state index is 5.62. The van der Waals surface area contributed by atoms with Gasteiger partial charge in [0, 0.05) is 12.6 Å². The maximum absolute atomic E-state index is 5.62. The van der Waals surface area contributed by atoms with E-state index < -0.39 is 0 Å². The highest BCUT2D eigenvalue weighted by Crippen LogP contribution is 2.10. The Morgan fingerprint density at radius 1 is 1.21 bits per heavy atom. The fourth-order valence-electron chi connectivity index (χ4n) is 1.81. The van der Waals surface area contributed by atoms with E-state index in [1.54, 1.807) is 0 Å². The molecule has 4 nitrogen and oxygen atoms in total. The van der Waals surface area contributed by atoms with E-state index in [2.05, 4.69) is 43.2 Å². The Hall–Kier alpha value is -1.16. The molecule has 1 unspecified atom stereocenters. The van der Waals surface area contributed by atoms with E-state index in [1.165, 1.54) is 12.8 Å². The molecule has 1 aromatic heterocycles. The van der Waals surface area contributed by atoms with Gasteiger partial charge in [0.1, 0.15) is 0 Å². The van der Waals surface area contributed by atoms with Crippen LogP contribution in [0.1, 0.15) is 46.2 Å². The van der Waals surface area contributed by atoms with Gasteiger partial charge in [0.2, 0.25) is 5.88 Å². The van der Waals surface area contributed by atoms with Crippen molar-refractivity contribution in [3.63, 3.8) is 0 Å². The number of rotatable bonds is 9. The molecule has 0 saturated carbocycles. The lowest BCUT2D eigenvalue weighted by atomic mass is 10.1. The second-order valence-corrected chi connectivity index (χ2v) is 5.59. The molecule has 1 atom stereocenters. The van der Waals surface area contributed by atoms with Gasteiger partial charge in [-0.1, -0.05) is 34.1 Å². The van der Waals surface area contributed by atoms with Gasteiger partial charge >= 0.3 is 0 Å². The molecule has 0 aromatic carbocycles. The molecular weight excluding hydrogens is 238 g/mol. The molecule has 0 spiro atoms. The van der Waals surface area contributed by atoms with Gasteiger partial charge in [-0.05, 0) is 30.9 Å². The van der Waals surface area contributed by atoms with Crippen LogP contribution in [-0.2, 0) is 6.54 Å². The van der Waals surface area contributed by atoms with Crippen LogP contribution in [0.15, 0.2) is 12.1 Å². The highest BCUT2D eigenvalue weighted by Gasteiger charge is 2.04. The molecule has 0 saturated heterocycles. The van der Waals surface area contributed by atoms with Gasteiger partial charge < -0.3 is 10.1 Å². The van der Waals surface area contributed by atoms with Crippen LogP contribution >= 0.6 is 0 Å². The number of hydrogen-bond acceptors (Lipinski definition) is 4. The van der Waals surface area contributed by atoms with Crippen molar-refractivity contribution in [1.29, 1.82) is 0 Å². The number of aromatic nitrogens is 2. The Morgan fingerprint density at radius 3 is 2.58 bits per heavy atom.